The molecule has 2 N–H and O–H groups in total. The van der Waals surface area contributed by atoms with E-state index < -0.39 is 0 Å². The van der Waals surface area contributed by atoms with Crippen molar-refractivity contribution in [3.8, 4) is 10.6 Å². The van der Waals surface area contributed by atoms with Crippen LogP contribution in [-0.2, 0) is 0 Å². The van der Waals surface area contributed by atoms with E-state index in [1.165, 1.54) is 11.3 Å². The molecule has 1 amide bonds. The molecule has 1 saturated heterocycles. The van der Waals surface area contributed by atoms with Gasteiger partial charge < -0.3 is 10.6 Å². The largest absolute Gasteiger partial charge is 0.336 e. The summed E-state index contributed by atoms with van der Waals surface area (Å²) in [5, 5.41) is 0.842. The number of likely N-dealkylation sites (tertiary alicyclic amines) is 1. The van der Waals surface area contributed by atoms with Crippen LogP contribution in [0, 0.1) is 0 Å². The molecule has 21 heavy (non-hydrogen) atoms. The third-order valence-electron chi connectivity index (χ3n) is 3.16. The second kappa shape index (κ2) is 7.70. The van der Waals surface area contributed by atoms with Gasteiger partial charge in [-0.15, -0.1) is 36.2 Å². The average Bonchev–Trinajstić information content (AvgIpc) is 3.08. The molecule has 0 spiro atoms. The summed E-state index contributed by atoms with van der Waals surface area (Å²) in [6.07, 6.45) is 5.96. The second-order valence-electron chi connectivity index (χ2n) is 4.57. The molecular formula is C13H16Cl2N4OS. The first kappa shape index (κ1) is 17.8. The van der Waals surface area contributed by atoms with E-state index >= 15 is 0 Å². The molecule has 0 saturated carbocycles. The van der Waals surface area contributed by atoms with Crippen LogP contribution in [0.1, 0.15) is 16.1 Å². The Morgan fingerprint density at radius 3 is 2.67 bits per heavy atom. The van der Waals surface area contributed by atoms with Gasteiger partial charge in [0.15, 0.2) is 0 Å². The molecule has 114 valence electrons. The average molecular weight is 347 g/mol. The molecule has 3 heterocycles. The van der Waals surface area contributed by atoms with Crippen molar-refractivity contribution in [1.29, 1.82) is 0 Å². The molecule has 2 aromatic heterocycles. The van der Waals surface area contributed by atoms with Crippen molar-refractivity contribution >= 4 is 42.1 Å². The zero-order valence-electron chi connectivity index (χ0n) is 11.1. The van der Waals surface area contributed by atoms with E-state index in [1.807, 2.05) is 12.1 Å². The topological polar surface area (TPSA) is 72.1 Å². The lowest BCUT2D eigenvalue weighted by molar-refractivity contribution is 0.0795. The van der Waals surface area contributed by atoms with Crippen LogP contribution in [0.25, 0.3) is 10.6 Å². The number of carbonyl (C=O) groups is 1. The number of hydrogen-bond donors (Lipinski definition) is 1. The van der Waals surface area contributed by atoms with Crippen molar-refractivity contribution in [2.45, 2.75) is 12.5 Å². The molecule has 1 aliphatic heterocycles. The van der Waals surface area contributed by atoms with Crippen LogP contribution in [-0.4, -0.2) is 39.9 Å². The van der Waals surface area contributed by atoms with E-state index in [2.05, 4.69) is 9.97 Å². The van der Waals surface area contributed by atoms with Crippen LogP contribution in [0.3, 0.4) is 0 Å². The molecule has 3 rings (SSSR count). The van der Waals surface area contributed by atoms with E-state index in [0.717, 1.165) is 23.5 Å². The van der Waals surface area contributed by atoms with Crippen LogP contribution < -0.4 is 5.73 Å². The number of hydrogen-bond acceptors (Lipinski definition) is 5. The Balaban J connectivity index is 0.00000110. The van der Waals surface area contributed by atoms with E-state index in [0.29, 0.717) is 11.4 Å². The highest BCUT2D eigenvalue weighted by Gasteiger charge is 2.25. The summed E-state index contributed by atoms with van der Waals surface area (Å²) in [5.74, 6) is 0.0331. The Labute approximate surface area is 139 Å². The highest BCUT2D eigenvalue weighted by molar-refractivity contribution is 7.16. The van der Waals surface area contributed by atoms with E-state index in [4.69, 9.17) is 5.73 Å². The number of nitrogens with zero attached hydrogens (tertiary/aromatic N) is 3. The van der Waals surface area contributed by atoms with Gasteiger partial charge in [-0.3, -0.25) is 9.78 Å². The molecule has 0 bridgehead atoms. The number of aromatic nitrogens is 2. The predicted octanol–water partition coefficient (Wildman–Crippen LogP) is 2.22. The zero-order chi connectivity index (χ0) is 13.2. The van der Waals surface area contributed by atoms with Gasteiger partial charge in [0.25, 0.3) is 5.91 Å². The van der Waals surface area contributed by atoms with E-state index in [-0.39, 0.29) is 36.8 Å². The molecule has 0 aromatic carbocycles. The first-order valence-corrected chi connectivity index (χ1v) is 6.97. The third-order valence-corrected chi connectivity index (χ3v) is 4.19. The molecule has 0 radical (unpaired) electrons. The highest BCUT2D eigenvalue weighted by atomic mass is 35.5. The predicted molar refractivity (Wildman–Crippen MR) is 88.3 cm³/mol. The third kappa shape index (κ3) is 3.91. The molecule has 1 aliphatic rings. The first-order valence-electron chi connectivity index (χ1n) is 6.15. The maximum absolute atomic E-state index is 12.3. The fourth-order valence-electron chi connectivity index (χ4n) is 2.13. The van der Waals surface area contributed by atoms with Crippen LogP contribution in [0.4, 0.5) is 0 Å². The molecule has 5 nitrogen and oxygen atoms in total. The van der Waals surface area contributed by atoms with Gasteiger partial charge in [-0.25, -0.2) is 4.98 Å². The van der Waals surface area contributed by atoms with Gasteiger partial charge in [-0.2, -0.15) is 0 Å². The minimum atomic E-state index is 0. The monoisotopic (exact) mass is 346 g/mol. The Morgan fingerprint density at radius 2 is 2.05 bits per heavy atom. The number of rotatable bonds is 2. The lowest BCUT2D eigenvalue weighted by Crippen LogP contribution is -2.31. The minimum absolute atomic E-state index is 0. The lowest BCUT2D eigenvalue weighted by atomic mass is 10.3. The van der Waals surface area contributed by atoms with Gasteiger partial charge in [-0.1, -0.05) is 0 Å². The number of thiazole rings is 1. The van der Waals surface area contributed by atoms with Crippen LogP contribution in [0.2, 0.25) is 0 Å². The normalized spacial score (nSPS) is 17.0. The van der Waals surface area contributed by atoms with E-state index in [1.54, 1.807) is 23.5 Å². The number of nitrogens with two attached hydrogens (primary N) is 1. The number of amides is 1. The van der Waals surface area contributed by atoms with Crippen LogP contribution in [0.5, 0.6) is 0 Å². The molecular weight excluding hydrogens is 331 g/mol. The van der Waals surface area contributed by atoms with Crippen molar-refractivity contribution in [2.75, 3.05) is 13.1 Å². The van der Waals surface area contributed by atoms with Crippen molar-refractivity contribution in [3.63, 3.8) is 0 Å². The molecule has 1 fully saturated rings. The first-order chi connectivity index (χ1) is 9.24. The van der Waals surface area contributed by atoms with Gasteiger partial charge in [0.1, 0.15) is 9.88 Å². The number of halogens is 2. The lowest BCUT2D eigenvalue weighted by Gasteiger charge is -2.13. The maximum Gasteiger partial charge on any atom is 0.265 e. The number of pyridine rings is 1. The number of carbonyl (C=O) groups excluding carboxylic acids is 1. The summed E-state index contributed by atoms with van der Waals surface area (Å²) in [7, 11) is 0. The fourth-order valence-corrected chi connectivity index (χ4v) is 3.02. The Hall–Kier alpha value is -1.21. The molecule has 0 aliphatic carbocycles. The molecule has 2 aromatic rings. The summed E-state index contributed by atoms with van der Waals surface area (Å²) in [6.45, 7) is 1.38. The Bertz CT molecular complexity index is 593. The standard InChI is InChI=1S/C13H14N4OS.2ClH/c14-10-3-6-17(8-10)13(18)11-7-16-12(19-11)9-1-4-15-5-2-9;;/h1-2,4-5,7,10H,3,6,8,14H2;2*1H. The Morgan fingerprint density at radius 1 is 1.33 bits per heavy atom. The van der Waals surface area contributed by atoms with Crippen LogP contribution >= 0.6 is 36.2 Å². The summed E-state index contributed by atoms with van der Waals surface area (Å²) >= 11 is 1.41. The highest BCUT2D eigenvalue weighted by Crippen LogP contribution is 2.26. The second-order valence-corrected chi connectivity index (χ2v) is 5.60. The maximum atomic E-state index is 12.3. The summed E-state index contributed by atoms with van der Waals surface area (Å²) in [5.41, 5.74) is 6.81. The molecule has 1 unspecified atom stereocenters. The van der Waals surface area contributed by atoms with Crippen molar-refractivity contribution in [2.24, 2.45) is 5.73 Å². The molecule has 1 atom stereocenters. The minimum Gasteiger partial charge on any atom is -0.336 e. The van der Waals surface area contributed by atoms with Gasteiger partial charge in [0, 0.05) is 37.1 Å². The summed E-state index contributed by atoms with van der Waals surface area (Å²) < 4.78 is 0. The van der Waals surface area contributed by atoms with Crippen molar-refractivity contribution in [3.05, 3.63) is 35.6 Å². The van der Waals surface area contributed by atoms with Gasteiger partial charge in [-0.05, 0) is 18.6 Å². The Kier molecular flexibility index (Phi) is 6.54. The van der Waals surface area contributed by atoms with Gasteiger partial charge in [0.2, 0.25) is 0 Å². The van der Waals surface area contributed by atoms with Gasteiger partial charge >= 0.3 is 0 Å². The van der Waals surface area contributed by atoms with Crippen molar-refractivity contribution < 1.29 is 4.79 Å². The summed E-state index contributed by atoms with van der Waals surface area (Å²) in [4.78, 5) is 23.0. The fraction of sp³-hybridized carbons (Fsp3) is 0.308. The SMILES string of the molecule is Cl.Cl.NC1CCN(C(=O)c2cnc(-c3ccncc3)s2)C1. The van der Waals surface area contributed by atoms with E-state index in [9.17, 15) is 4.79 Å². The smallest absolute Gasteiger partial charge is 0.265 e. The van der Waals surface area contributed by atoms with Gasteiger partial charge in [0.05, 0.1) is 6.20 Å². The van der Waals surface area contributed by atoms with Crippen molar-refractivity contribution in [1.82, 2.24) is 14.9 Å². The molecule has 8 heteroatoms. The van der Waals surface area contributed by atoms with Crippen LogP contribution in [0.15, 0.2) is 30.7 Å². The zero-order valence-corrected chi connectivity index (χ0v) is 13.6. The summed E-state index contributed by atoms with van der Waals surface area (Å²) in [6, 6.07) is 3.88. The quantitative estimate of drug-likeness (QED) is 0.904.